The van der Waals surface area contributed by atoms with Gasteiger partial charge in [-0.05, 0) is 76.9 Å². The minimum absolute atomic E-state index is 0.902. The van der Waals surface area contributed by atoms with Crippen molar-refractivity contribution in [2.24, 2.45) is 0 Å². The van der Waals surface area contributed by atoms with Crippen LogP contribution < -0.4 is 0 Å². The number of aromatic nitrogens is 2. The van der Waals surface area contributed by atoms with Gasteiger partial charge in [-0.15, -0.1) is 0 Å². The van der Waals surface area contributed by atoms with E-state index >= 15 is 0 Å². The van der Waals surface area contributed by atoms with E-state index in [0.717, 1.165) is 33.3 Å². The Morgan fingerprint density at radius 2 is 0.863 bits per heavy atom. The Hall–Kier alpha value is -6.84. The van der Waals surface area contributed by atoms with Crippen LogP contribution in [0.15, 0.2) is 186 Å². The molecule has 3 heteroatoms. The number of para-hydroxylation sites is 3. The van der Waals surface area contributed by atoms with Gasteiger partial charge < -0.3 is 13.6 Å². The fourth-order valence-corrected chi connectivity index (χ4v) is 8.20. The van der Waals surface area contributed by atoms with E-state index in [4.69, 9.17) is 4.42 Å². The summed E-state index contributed by atoms with van der Waals surface area (Å²) in [5.41, 5.74) is 13.7. The summed E-state index contributed by atoms with van der Waals surface area (Å²) in [6, 6.07) is 65.5. The Morgan fingerprint density at radius 3 is 1.61 bits per heavy atom. The third-order valence-electron chi connectivity index (χ3n) is 10.5. The summed E-state index contributed by atoms with van der Waals surface area (Å²) in [7, 11) is 0. The first-order chi connectivity index (χ1) is 25.3. The van der Waals surface area contributed by atoms with Gasteiger partial charge in [0.05, 0.1) is 22.1 Å². The van der Waals surface area contributed by atoms with Gasteiger partial charge in [-0.2, -0.15) is 0 Å². The highest BCUT2D eigenvalue weighted by atomic mass is 16.3. The number of benzene rings is 8. The molecule has 8 aromatic carbocycles. The van der Waals surface area contributed by atoms with E-state index in [2.05, 4.69) is 179 Å². The monoisotopic (exact) mass is 650 g/mol. The van der Waals surface area contributed by atoms with Crippen LogP contribution in [-0.2, 0) is 0 Å². The van der Waals surface area contributed by atoms with Crippen molar-refractivity contribution in [2.75, 3.05) is 0 Å². The molecule has 51 heavy (non-hydrogen) atoms. The van der Waals surface area contributed by atoms with Crippen molar-refractivity contribution in [3.8, 4) is 33.6 Å². The van der Waals surface area contributed by atoms with Crippen LogP contribution in [0, 0.1) is 0 Å². The quantitative estimate of drug-likeness (QED) is 0.186. The Bertz CT molecular complexity index is 3100. The molecule has 0 fully saturated rings. The van der Waals surface area contributed by atoms with Crippen LogP contribution >= 0.6 is 0 Å². The Morgan fingerprint density at radius 1 is 0.314 bits per heavy atom. The highest BCUT2D eigenvalue weighted by Gasteiger charge is 2.21. The van der Waals surface area contributed by atoms with Gasteiger partial charge in [0.15, 0.2) is 0 Å². The molecule has 0 atom stereocenters. The van der Waals surface area contributed by atoms with Crippen molar-refractivity contribution >= 4 is 65.6 Å². The van der Waals surface area contributed by atoms with E-state index < -0.39 is 0 Å². The lowest BCUT2D eigenvalue weighted by Crippen LogP contribution is -1.95. The summed E-state index contributed by atoms with van der Waals surface area (Å²) < 4.78 is 11.1. The van der Waals surface area contributed by atoms with Crippen molar-refractivity contribution < 1.29 is 4.42 Å². The van der Waals surface area contributed by atoms with Gasteiger partial charge >= 0.3 is 0 Å². The molecule has 0 aliphatic heterocycles. The molecular weight excluding hydrogens is 621 g/mol. The summed E-state index contributed by atoms with van der Waals surface area (Å²) in [5, 5.41) is 7.23. The lowest BCUT2D eigenvalue weighted by atomic mass is 10.0. The summed E-state index contributed by atoms with van der Waals surface area (Å²) in [4.78, 5) is 0. The van der Waals surface area contributed by atoms with Crippen LogP contribution in [0.4, 0.5) is 0 Å². The highest BCUT2D eigenvalue weighted by Crippen LogP contribution is 2.43. The predicted molar refractivity (Wildman–Crippen MR) is 213 cm³/mol. The molecule has 0 amide bonds. The lowest BCUT2D eigenvalue weighted by Gasteiger charge is -2.11. The minimum Gasteiger partial charge on any atom is -0.456 e. The normalized spacial score (nSPS) is 11.9. The summed E-state index contributed by atoms with van der Waals surface area (Å²) in [6.45, 7) is 0. The Labute approximate surface area is 293 Å². The molecule has 11 rings (SSSR count). The zero-order chi connectivity index (χ0) is 33.5. The molecule has 0 bridgehead atoms. The fourth-order valence-electron chi connectivity index (χ4n) is 8.20. The number of hydrogen-bond acceptors (Lipinski definition) is 1. The van der Waals surface area contributed by atoms with Crippen LogP contribution in [0.25, 0.3) is 99.2 Å². The number of hydrogen-bond donors (Lipinski definition) is 0. The first-order valence-corrected chi connectivity index (χ1v) is 17.4. The zero-order valence-electron chi connectivity index (χ0n) is 27.6. The van der Waals surface area contributed by atoms with Gasteiger partial charge in [-0.1, -0.05) is 127 Å². The molecule has 0 radical (unpaired) electrons. The van der Waals surface area contributed by atoms with E-state index in [1.165, 1.54) is 65.9 Å². The first-order valence-electron chi connectivity index (χ1n) is 17.4. The maximum absolute atomic E-state index is 6.20. The maximum Gasteiger partial charge on any atom is 0.135 e. The van der Waals surface area contributed by atoms with Crippen LogP contribution in [0.1, 0.15) is 0 Å². The fraction of sp³-hybridized carbons (Fsp3) is 0. The molecular formula is C48H30N2O. The lowest BCUT2D eigenvalue weighted by molar-refractivity contribution is 0.669. The zero-order valence-corrected chi connectivity index (χ0v) is 27.6. The van der Waals surface area contributed by atoms with Gasteiger partial charge in [0.25, 0.3) is 0 Å². The van der Waals surface area contributed by atoms with Crippen molar-refractivity contribution in [3.05, 3.63) is 182 Å². The van der Waals surface area contributed by atoms with Gasteiger partial charge in [0.2, 0.25) is 0 Å². The molecule has 3 heterocycles. The number of furan rings is 1. The first kappa shape index (κ1) is 28.0. The standard InChI is InChI=1S/C48H30N2O/c1-2-10-31(11-3-1)32-18-20-33(21-19-32)34-22-24-35(25-23-34)50-42-15-7-4-12-37(42)39-27-28-44-47(48(39)50)40-14-5-8-16-43(40)49(44)36-26-29-46-41(30-36)38-13-6-9-17-45(38)51-46/h1-30H. The van der Waals surface area contributed by atoms with Crippen molar-refractivity contribution in [1.82, 2.24) is 9.13 Å². The smallest absolute Gasteiger partial charge is 0.135 e. The van der Waals surface area contributed by atoms with E-state index in [1.807, 2.05) is 12.1 Å². The number of nitrogens with zero attached hydrogens (tertiary/aromatic N) is 2. The predicted octanol–water partition coefficient (Wildman–Crippen LogP) is 13.1. The van der Waals surface area contributed by atoms with E-state index in [9.17, 15) is 0 Å². The van der Waals surface area contributed by atoms with Crippen molar-refractivity contribution in [2.45, 2.75) is 0 Å². The SMILES string of the molecule is c1ccc(-c2ccc(-c3ccc(-n4c5ccccc5c5ccc6c(c7ccccc7n6-c6ccc7oc8ccccc8c7c6)c54)cc3)cc2)cc1. The molecule has 3 nitrogen and oxygen atoms in total. The molecule has 0 N–H and O–H groups in total. The van der Waals surface area contributed by atoms with Gasteiger partial charge in [0, 0.05) is 43.7 Å². The third kappa shape index (κ3) is 4.19. The number of rotatable bonds is 4. The van der Waals surface area contributed by atoms with Gasteiger partial charge in [0.1, 0.15) is 11.2 Å². The molecule has 0 spiro atoms. The second kappa shape index (κ2) is 10.8. The summed E-state index contributed by atoms with van der Waals surface area (Å²) in [6.07, 6.45) is 0. The number of fused-ring (bicyclic) bond motifs is 10. The van der Waals surface area contributed by atoms with Crippen LogP contribution in [0.5, 0.6) is 0 Å². The summed E-state index contributed by atoms with van der Waals surface area (Å²) in [5.74, 6) is 0. The molecule has 3 aromatic heterocycles. The van der Waals surface area contributed by atoms with Crippen LogP contribution in [0.2, 0.25) is 0 Å². The summed E-state index contributed by atoms with van der Waals surface area (Å²) >= 11 is 0. The van der Waals surface area contributed by atoms with Crippen LogP contribution in [-0.4, -0.2) is 9.13 Å². The van der Waals surface area contributed by atoms with E-state index in [1.54, 1.807) is 0 Å². The van der Waals surface area contributed by atoms with Gasteiger partial charge in [-0.3, -0.25) is 0 Å². The largest absolute Gasteiger partial charge is 0.456 e. The third-order valence-corrected chi connectivity index (χ3v) is 10.5. The molecule has 11 aromatic rings. The Balaban J connectivity index is 1.12. The minimum atomic E-state index is 0.902. The molecule has 0 saturated carbocycles. The molecule has 238 valence electrons. The second-order valence-electron chi connectivity index (χ2n) is 13.3. The van der Waals surface area contributed by atoms with Crippen molar-refractivity contribution in [1.29, 1.82) is 0 Å². The maximum atomic E-state index is 6.20. The molecule has 0 saturated heterocycles. The molecule has 0 aliphatic rings. The highest BCUT2D eigenvalue weighted by molar-refractivity contribution is 6.26. The van der Waals surface area contributed by atoms with Crippen molar-refractivity contribution in [3.63, 3.8) is 0 Å². The topological polar surface area (TPSA) is 23.0 Å². The molecule has 0 unspecified atom stereocenters. The average Bonchev–Trinajstić information content (AvgIpc) is 3.86. The Kier molecular flexibility index (Phi) is 5.96. The van der Waals surface area contributed by atoms with E-state index in [0.29, 0.717) is 0 Å². The van der Waals surface area contributed by atoms with Gasteiger partial charge in [-0.25, -0.2) is 0 Å². The van der Waals surface area contributed by atoms with Crippen LogP contribution in [0.3, 0.4) is 0 Å². The average molecular weight is 651 g/mol. The second-order valence-corrected chi connectivity index (χ2v) is 13.3. The van der Waals surface area contributed by atoms with E-state index in [-0.39, 0.29) is 0 Å². The molecule has 0 aliphatic carbocycles.